The van der Waals surface area contributed by atoms with Gasteiger partial charge in [0, 0.05) is 30.2 Å². The normalized spacial score (nSPS) is 43.2. The van der Waals surface area contributed by atoms with Crippen LogP contribution in [-0.2, 0) is 0 Å². The molecule has 1 aliphatic carbocycles. The molecule has 0 saturated carbocycles. The average molecular weight is 414 g/mol. The number of piperidine rings is 4. The molecule has 170 valence electrons. The van der Waals surface area contributed by atoms with Gasteiger partial charge in [-0.2, -0.15) is 0 Å². The van der Waals surface area contributed by atoms with Crippen molar-refractivity contribution >= 4 is 0 Å². The van der Waals surface area contributed by atoms with E-state index in [1.807, 2.05) is 11.1 Å². The van der Waals surface area contributed by atoms with Crippen LogP contribution in [0.1, 0.15) is 104 Å². The van der Waals surface area contributed by atoms with Gasteiger partial charge in [0.1, 0.15) is 0 Å². The van der Waals surface area contributed by atoms with Crippen LogP contribution in [0, 0.1) is 11.8 Å². The molecule has 3 nitrogen and oxygen atoms in total. The Kier molecular flexibility index (Phi) is 6.89. The third kappa shape index (κ3) is 4.69. The number of nitrogens with one attached hydrogen (secondary N) is 2. The Labute approximate surface area is 185 Å². The zero-order chi connectivity index (χ0) is 20.5. The summed E-state index contributed by atoms with van der Waals surface area (Å²) in [6.45, 7) is 7.52. The molecule has 0 amide bonds. The van der Waals surface area contributed by atoms with Gasteiger partial charge >= 0.3 is 0 Å². The van der Waals surface area contributed by atoms with Gasteiger partial charge in [0.05, 0.1) is 0 Å². The quantitative estimate of drug-likeness (QED) is 0.604. The molecule has 4 saturated heterocycles. The second-order valence-electron chi connectivity index (χ2n) is 11.8. The topological polar surface area (TPSA) is 27.3 Å². The molecule has 0 spiro atoms. The molecule has 2 N–H and O–H groups in total. The van der Waals surface area contributed by atoms with Crippen molar-refractivity contribution in [3.8, 4) is 0 Å². The lowest BCUT2D eigenvalue weighted by Crippen LogP contribution is -2.57. The molecule has 30 heavy (non-hydrogen) atoms. The molecule has 0 bridgehead atoms. The van der Waals surface area contributed by atoms with E-state index in [1.165, 1.54) is 103 Å². The van der Waals surface area contributed by atoms with Gasteiger partial charge in [-0.25, -0.2) is 0 Å². The minimum atomic E-state index is 0.709. The van der Waals surface area contributed by atoms with E-state index in [1.54, 1.807) is 0 Å². The first-order valence-electron chi connectivity index (χ1n) is 13.6. The molecule has 3 heteroatoms. The van der Waals surface area contributed by atoms with E-state index in [9.17, 15) is 0 Å². The monoisotopic (exact) mass is 413 g/mol. The Morgan fingerprint density at radius 3 is 2.60 bits per heavy atom. The van der Waals surface area contributed by atoms with Crippen LogP contribution in [0.5, 0.6) is 0 Å². The molecule has 5 aliphatic rings. The van der Waals surface area contributed by atoms with E-state index in [-0.39, 0.29) is 0 Å². The second-order valence-corrected chi connectivity index (χ2v) is 11.8. The lowest BCUT2D eigenvalue weighted by atomic mass is 9.73. The maximum absolute atomic E-state index is 3.87. The smallest absolute Gasteiger partial charge is 0.0284 e. The van der Waals surface area contributed by atoms with E-state index in [4.69, 9.17) is 0 Å². The van der Waals surface area contributed by atoms with Crippen LogP contribution in [0.2, 0.25) is 0 Å². The van der Waals surface area contributed by atoms with Crippen molar-refractivity contribution in [3.05, 3.63) is 11.1 Å². The van der Waals surface area contributed by atoms with Crippen LogP contribution in [0.25, 0.3) is 0 Å². The van der Waals surface area contributed by atoms with E-state index >= 15 is 0 Å². The third-order valence-electron chi connectivity index (χ3n) is 9.26. The first kappa shape index (κ1) is 21.5. The molecule has 4 fully saturated rings. The number of fused-ring (bicyclic) bond motifs is 2. The zero-order valence-corrected chi connectivity index (χ0v) is 19.8. The summed E-state index contributed by atoms with van der Waals surface area (Å²) in [6, 6.07) is 4.00. The summed E-state index contributed by atoms with van der Waals surface area (Å²) in [6.07, 6.45) is 19.8. The highest BCUT2D eigenvalue weighted by Gasteiger charge is 2.42. The molecule has 0 aromatic rings. The maximum Gasteiger partial charge on any atom is 0.0284 e. The standard InChI is InChI=1S/C27H47N3/c1-19-13-21(26-10-6-12-29-27(26)16-19)17-24-9-5-8-23-14-20(2)15-25(30(23)24)18-22-7-3-4-11-28-22/h19-20,22-25,27-29H,3-18H2,1-2H3/t19-,20-,22-,23-,24-,25+,27-/m0/s1. The maximum atomic E-state index is 3.87. The van der Waals surface area contributed by atoms with Gasteiger partial charge in [-0.1, -0.05) is 37.8 Å². The summed E-state index contributed by atoms with van der Waals surface area (Å²) >= 11 is 0. The van der Waals surface area contributed by atoms with Crippen LogP contribution >= 0.6 is 0 Å². The van der Waals surface area contributed by atoms with Crippen LogP contribution in [0.4, 0.5) is 0 Å². The molecule has 0 radical (unpaired) electrons. The lowest BCUT2D eigenvalue weighted by Gasteiger charge is -2.53. The van der Waals surface area contributed by atoms with Gasteiger partial charge in [-0.05, 0) is 102 Å². The van der Waals surface area contributed by atoms with Crippen LogP contribution in [0.3, 0.4) is 0 Å². The summed E-state index contributed by atoms with van der Waals surface area (Å²) in [4.78, 5) is 3.11. The minimum absolute atomic E-state index is 0.709. The summed E-state index contributed by atoms with van der Waals surface area (Å²) in [5.74, 6) is 1.78. The molecular weight excluding hydrogens is 366 g/mol. The van der Waals surface area contributed by atoms with Crippen molar-refractivity contribution in [3.63, 3.8) is 0 Å². The average Bonchev–Trinajstić information content (AvgIpc) is 2.74. The largest absolute Gasteiger partial charge is 0.314 e. The Bertz CT molecular complexity index is 607. The second kappa shape index (κ2) is 9.63. The predicted octanol–water partition coefficient (Wildman–Crippen LogP) is 5.41. The molecule has 7 atom stereocenters. The molecule has 0 aromatic carbocycles. The van der Waals surface area contributed by atoms with E-state index < -0.39 is 0 Å². The number of nitrogens with zero attached hydrogens (tertiary/aromatic N) is 1. The fourth-order valence-electron chi connectivity index (χ4n) is 8.08. The molecule has 0 unspecified atom stereocenters. The van der Waals surface area contributed by atoms with Gasteiger partial charge in [0.15, 0.2) is 0 Å². The summed E-state index contributed by atoms with van der Waals surface area (Å²) in [5.41, 5.74) is 3.72. The van der Waals surface area contributed by atoms with Crippen molar-refractivity contribution in [1.82, 2.24) is 15.5 Å². The van der Waals surface area contributed by atoms with E-state index in [0.717, 1.165) is 36.0 Å². The minimum Gasteiger partial charge on any atom is -0.314 e. The van der Waals surface area contributed by atoms with Gasteiger partial charge in [-0.3, -0.25) is 4.90 Å². The summed E-state index contributed by atoms with van der Waals surface area (Å²) in [7, 11) is 0. The van der Waals surface area contributed by atoms with Crippen LogP contribution in [-0.4, -0.2) is 48.2 Å². The van der Waals surface area contributed by atoms with Crippen molar-refractivity contribution < 1.29 is 0 Å². The van der Waals surface area contributed by atoms with Crippen molar-refractivity contribution in [2.45, 2.75) is 134 Å². The highest BCUT2D eigenvalue weighted by atomic mass is 15.2. The van der Waals surface area contributed by atoms with Crippen molar-refractivity contribution in [1.29, 1.82) is 0 Å². The van der Waals surface area contributed by atoms with E-state index in [0.29, 0.717) is 6.04 Å². The van der Waals surface area contributed by atoms with Gasteiger partial charge < -0.3 is 10.6 Å². The van der Waals surface area contributed by atoms with Crippen LogP contribution in [0.15, 0.2) is 11.1 Å². The fourth-order valence-corrected chi connectivity index (χ4v) is 8.08. The van der Waals surface area contributed by atoms with Gasteiger partial charge in [0.25, 0.3) is 0 Å². The van der Waals surface area contributed by atoms with Gasteiger partial charge in [0.2, 0.25) is 0 Å². The predicted molar refractivity (Wildman–Crippen MR) is 127 cm³/mol. The van der Waals surface area contributed by atoms with Crippen LogP contribution < -0.4 is 10.6 Å². The highest BCUT2D eigenvalue weighted by molar-refractivity contribution is 5.26. The number of hydrogen-bond acceptors (Lipinski definition) is 3. The lowest BCUT2D eigenvalue weighted by molar-refractivity contribution is -0.0219. The molecule has 4 aliphatic heterocycles. The number of hydrogen-bond donors (Lipinski definition) is 2. The molecular formula is C27H47N3. The first-order chi connectivity index (χ1) is 14.7. The van der Waals surface area contributed by atoms with Gasteiger partial charge in [-0.15, -0.1) is 0 Å². The molecule has 5 rings (SSSR count). The first-order valence-corrected chi connectivity index (χ1v) is 13.6. The Morgan fingerprint density at radius 2 is 1.73 bits per heavy atom. The zero-order valence-electron chi connectivity index (χ0n) is 19.8. The SMILES string of the molecule is C[C@@H]1C[C@H](C[C@@H]2CCCCN2)N2[C@H](CC3=C4CCCN[C@H]4C[C@@H](C)C3)CCC[C@H]2C1. The molecule has 0 aromatic heterocycles. The molecule has 4 heterocycles. The third-order valence-corrected chi connectivity index (χ3v) is 9.26. The highest BCUT2D eigenvalue weighted by Crippen LogP contribution is 2.43. The Hall–Kier alpha value is -0.380. The van der Waals surface area contributed by atoms with Crippen molar-refractivity contribution in [2.75, 3.05) is 13.1 Å². The number of rotatable bonds is 4. The Balaban J connectivity index is 1.35. The van der Waals surface area contributed by atoms with E-state index in [2.05, 4.69) is 29.4 Å². The summed E-state index contributed by atoms with van der Waals surface area (Å²) in [5, 5.41) is 7.74. The fraction of sp³-hybridized carbons (Fsp3) is 0.926. The van der Waals surface area contributed by atoms with Crippen molar-refractivity contribution in [2.24, 2.45) is 11.8 Å². The summed E-state index contributed by atoms with van der Waals surface area (Å²) < 4.78 is 0. The Morgan fingerprint density at radius 1 is 0.833 bits per heavy atom.